The summed E-state index contributed by atoms with van der Waals surface area (Å²) in [5.41, 5.74) is 1.84. The molecule has 0 aliphatic heterocycles. The van der Waals surface area contributed by atoms with Gasteiger partial charge in [-0.1, -0.05) is 24.3 Å². The molecule has 0 aliphatic carbocycles. The van der Waals surface area contributed by atoms with Gasteiger partial charge in [-0.25, -0.2) is 4.98 Å². The molecule has 0 saturated heterocycles. The Morgan fingerprint density at radius 3 is 2.52 bits per heavy atom. The topological polar surface area (TPSA) is 83.5 Å². The molecule has 0 atom stereocenters. The van der Waals surface area contributed by atoms with E-state index in [2.05, 4.69) is 20.4 Å². The van der Waals surface area contributed by atoms with Crippen molar-refractivity contribution in [1.29, 1.82) is 0 Å². The SMILES string of the molecule is O=C(Nc1nc(CO)cs1)c1ccc(CNc2ccccc2OC(F)(F)F)cc1. The van der Waals surface area contributed by atoms with Gasteiger partial charge in [0.15, 0.2) is 10.9 Å². The molecule has 3 rings (SSSR count). The zero-order valence-corrected chi connectivity index (χ0v) is 15.7. The highest BCUT2D eigenvalue weighted by atomic mass is 32.1. The molecule has 1 amide bonds. The van der Waals surface area contributed by atoms with Gasteiger partial charge in [-0.3, -0.25) is 10.1 Å². The highest BCUT2D eigenvalue weighted by Gasteiger charge is 2.32. The largest absolute Gasteiger partial charge is 0.573 e. The normalized spacial score (nSPS) is 11.2. The molecule has 29 heavy (non-hydrogen) atoms. The minimum absolute atomic E-state index is 0.203. The van der Waals surface area contributed by atoms with Gasteiger partial charge < -0.3 is 15.2 Å². The summed E-state index contributed by atoms with van der Waals surface area (Å²) in [5, 5.41) is 16.6. The summed E-state index contributed by atoms with van der Waals surface area (Å²) in [5.74, 6) is -0.672. The van der Waals surface area contributed by atoms with Crippen LogP contribution >= 0.6 is 11.3 Å². The molecular formula is C19H16F3N3O3S. The lowest BCUT2D eigenvalue weighted by Gasteiger charge is -2.14. The summed E-state index contributed by atoms with van der Waals surface area (Å²) in [4.78, 5) is 16.3. The summed E-state index contributed by atoms with van der Waals surface area (Å²) in [7, 11) is 0. The zero-order valence-electron chi connectivity index (χ0n) is 14.9. The van der Waals surface area contributed by atoms with Crippen LogP contribution in [0.5, 0.6) is 5.75 Å². The average molecular weight is 423 g/mol. The van der Waals surface area contributed by atoms with Crippen LogP contribution in [-0.4, -0.2) is 22.4 Å². The van der Waals surface area contributed by atoms with Crippen molar-refractivity contribution in [2.45, 2.75) is 19.5 Å². The monoisotopic (exact) mass is 423 g/mol. The predicted octanol–water partition coefficient (Wildman–Crippen LogP) is 4.40. The Balaban J connectivity index is 1.60. The van der Waals surface area contributed by atoms with E-state index in [0.717, 1.165) is 5.56 Å². The molecule has 10 heteroatoms. The second kappa shape index (κ2) is 8.93. The van der Waals surface area contributed by atoms with Crippen molar-refractivity contribution >= 4 is 28.1 Å². The Labute approximate surface area is 168 Å². The van der Waals surface area contributed by atoms with E-state index < -0.39 is 6.36 Å². The number of aliphatic hydroxyl groups is 1. The maximum Gasteiger partial charge on any atom is 0.573 e. The van der Waals surface area contributed by atoms with E-state index in [9.17, 15) is 18.0 Å². The van der Waals surface area contributed by atoms with Gasteiger partial charge in [0.1, 0.15) is 0 Å². The molecule has 152 valence electrons. The molecule has 0 saturated carbocycles. The quantitative estimate of drug-likeness (QED) is 0.525. The van der Waals surface area contributed by atoms with Gasteiger partial charge in [-0.15, -0.1) is 24.5 Å². The molecule has 6 nitrogen and oxygen atoms in total. The molecule has 0 unspecified atom stereocenters. The molecule has 0 spiro atoms. The number of thiazole rings is 1. The Bertz CT molecular complexity index is 975. The van der Waals surface area contributed by atoms with E-state index >= 15 is 0 Å². The van der Waals surface area contributed by atoms with Crippen LogP contribution in [0, 0.1) is 0 Å². The van der Waals surface area contributed by atoms with Crippen LogP contribution < -0.4 is 15.4 Å². The molecule has 0 aliphatic rings. The third kappa shape index (κ3) is 5.93. The summed E-state index contributed by atoms with van der Waals surface area (Å²) >= 11 is 1.21. The van der Waals surface area contributed by atoms with Gasteiger partial charge in [0.2, 0.25) is 0 Å². The van der Waals surface area contributed by atoms with Gasteiger partial charge in [0.25, 0.3) is 5.91 Å². The number of carbonyl (C=O) groups is 1. The summed E-state index contributed by atoms with van der Waals surface area (Å²) in [6, 6.07) is 12.3. The number of aromatic nitrogens is 1. The lowest BCUT2D eigenvalue weighted by molar-refractivity contribution is -0.274. The third-order valence-electron chi connectivity index (χ3n) is 3.75. The molecule has 0 radical (unpaired) electrons. The molecule has 1 aromatic heterocycles. The van der Waals surface area contributed by atoms with Crippen LogP contribution in [-0.2, 0) is 13.2 Å². The van der Waals surface area contributed by atoms with Gasteiger partial charge in [0.05, 0.1) is 18.0 Å². The van der Waals surface area contributed by atoms with E-state index in [0.29, 0.717) is 16.4 Å². The molecular weight excluding hydrogens is 407 g/mol. The smallest absolute Gasteiger partial charge is 0.404 e. The Kier molecular flexibility index (Phi) is 6.35. The van der Waals surface area contributed by atoms with E-state index in [-0.39, 0.29) is 30.5 Å². The number of para-hydroxylation sites is 2. The first-order chi connectivity index (χ1) is 13.8. The fraction of sp³-hybridized carbons (Fsp3) is 0.158. The number of amides is 1. The number of ether oxygens (including phenoxy) is 1. The van der Waals surface area contributed by atoms with E-state index in [1.165, 1.54) is 29.5 Å². The minimum Gasteiger partial charge on any atom is -0.404 e. The fourth-order valence-electron chi connectivity index (χ4n) is 2.40. The van der Waals surface area contributed by atoms with Crippen LogP contribution in [0.15, 0.2) is 53.9 Å². The van der Waals surface area contributed by atoms with Crippen LogP contribution in [0.1, 0.15) is 21.6 Å². The zero-order chi connectivity index (χ0) is 20.9. The number of nitrogens with zero attached hydrogens (tertiary/aromatic N) is 1. The highest BCUT2D eigenvalue weighted by Crippen LogP contribution is 2.30. The number of alkyl halides is 3. The molecule has 1 heterocycles. The molecule has 2 aromatic carbocycles. The van der Waals surface area contributed by atoms with Gasteiger partial charge in [-0.2, -0.15) is 0 Å². The Morgan fingerprint density at radius 1 is 1.14 bits per heavy atom. The van der Waals surface area contributed by atoms with Crippen molar-refractivity contribution in [1.82, 2.24) is 4.98 Å². The summed E-state index contributed by atoms with van der Waals surface area (Å²) in [6.07, 6.45) is -4.78. The number of aliphatic hydroxyl groups excluding tert-OH is 1. The number of benzene rings is 2. The number of nitrogens with one attached hydrogen (secondary N) is 2. The lowest BCUT2D eigenvalue weighted by atomic mass is 10.1. The molecule has 0 bridgehead atoms. The van der Waals surface area contributed by atoms with Crippen molar-refractivity contribution in [2.75, 3.05) is 10.6 Å². The molecule has 0 fully saturated rings. The standard InChI is InChI=1S/C19H16F3N3O3S/c20-19(21,22)28-16-4-2-1-3-15(16)23-9-12-5-7-13(8-6-12)17(27)25-18-24-14(10-26)11-29-18/h1-8,11,23,26H,9-10H2,(H,24,25,27). The second-order valence-electron chi connectivity index (χ2n) is 5.85. The average Bonchev–Trinajstić information content (AvgIpc) is 3.14. The van der Waals surface area contributed by atoms with E-state index in [1.807, 2.05) is 0 Å². The molecule has 3 aromatic rings. The van der Waals surface area contributed by atoms with Crippen LogP contribution in [0.25, 0.3) is 0 Å². The van der Waals surface area contributed by atoms with Crippen LogP contribution in [0.4, 0.5) is 24.0 Å². The number of anilines is 2. The highest BCUT2D eigenvalue weighted by molar-refractivity contribution is 7.13. The van der Waals surface area contributed by atoms with Crippen molar-refractivity contribution in [3.05, 3.63) is 70.7 Å². The van der Waals surface area contributed by atoms with Gasteiger partial charge >= 0.3 is 6.36 Å². The van der Waals surface area contributed by atoms with Crippen molar-refractivity contribution in [3.63, 3.8) is 0 Å². The number of hydrogen-bond acceptors (Lipinski definition) is 6. The van der Waals surface area contributed by atoms with E-state index in [4.69, 9.17) is 5.11 Å². The summed E-state index contributed by atoms with van der Waals surface area (Å²) < 4.78 is 41.4. The predicted molar refractivity (Wildman–Crippen MR) is 103 cm³/mol. The first kappa shape index (κ1) is 20.6. The van der Waals surface area contributed by atoms with Crippen molar-refractivity contribution < 1.29 is 27.8 Å². The maximum atomic E-state index is 12.5. The minimum atomic E-state index is -4.78. The summed E-state index contributed by atoms with van der Waals surface area (Å²) in [6.45, 7) is 0.0394. The molecule has 3 N–H and O–H groups in total. The number of halogens is 3. The van der Waals surface area contributed by atoms with Crippen LogP contribution in [0.2, 0.25) is 0 Å². The first-order valence-electron chi connectivity index (χ1n) is 8.38. The van der Waals surface area contributed by atoms with Gasteiger partial charge in [0, 0.05) is 17.5 Å². The van der Waals surface area contributed by atoms with Crippen molar-refractivity contribution in [2.24, 2.45) is 0 Å². The van der Waals surface area contributed by atoms with Gasteiger partial charge in [-0.05, 0) is 29.8 Å². The number of rotatable bonds is 7. The Hall–Kier alpha value is -3.11. The lowest BCUT2D eigenvalue weighted by Crippen LogP contribution is -2.18. The Morgan fingerprint density at radius 2 is 1.86 bits per heavy atom. The fourth-order valence-corrected chi connectivity index (χ4v) is 3.10. The number of carbonyl (C=O) groups excluding carboxylic acids is 1. The van der Waals surface area contributed by atoms with E-state index in [1.54, 1.807) is 35.7 Å². The maximum absolute atomic E-state index is 12.5. The first-order valence-corrected chi connectivity index (χ1v) is 9.26. The second-order valence-corrected chi connectivity index (χ2v) is 6.71. The third-order valence-corrected chi connectivity index (χ3v) is 4.55. The van der Waals surface area contributed by atoms with Crippen LogP contribution in [0.3, 0.4) is 0 Å². The van der Waals surface area contributed by atoms with Crippen molar-refractivity contribution in [3.8, 4) is 5.75 Å². The number of hydrogen-bond donors (Lipinski definition) is 3.